The van der Waals surface area contributed by atoms with Crippen LogP contribution in [0.15, 0.2) is 17.1 Å². The van der Waals surface area contributed by atoms with Gasteiger partial charge in [-0.3, -0.25) is 9.36 Å². The molecule has 0 unspecified atom stereocenters. The van der Waals surface area contributed by atoms with E-state index >= 15 is 0 Å². The van der Waals surface area contributed by atoms with E-state index in [-0.39, 0.29) is 11.6 Å². The molecule has 0 saturated heterocycles. The topological polar surface area (TPSA) is 46.9 Å². The van der Waals surface area contributed by atoms with Gasteiger partial charge in [0.2, 0.25) is 5.95 Å². The van der Waals surface area contributed by atoms with Gasteiger partial charge in [0.05, 0.1) is 0 Å². The highest BCUT2D eigenvalue weighted by Crippen LogP contribution is 1.97. The average Bonchev–Trinajstić information content (AvgIpc) is 1.98. The Kier molecular flexibility index (Phi) is 2.47. The van der Waals surface area contributed by atoms with Crippen LogP contribution in [0.1, 0.15) is 13.8 Å². The summed E-state index contributed by atoms with van der Waals surface area (Å²) in [6.07, 6.45) is 1.51. The Morgan fingerprint density at radius 1 is 1.58 bits per heavy atom. The lowest BCUT2D eigenvalue weighted by Gasteiger charge is -2.11. The first kappa shape index (κ1) is 8.77. The first-order chi connectivity index (χ1) is 5.61. The van der Waals surface area contributed by atoms with E-state index in [2.05, 4.69) is 10.3 Å². The largest absolute Gasteiger partial charge is 0.353 e. The number of hydrogen-bond acceptors (Lipinski definition) is 3. The van der Waals surface area contributed by atoms with Crippen molar-refractivity contribution in [2.75, 3.05) is 5.32 Å². The quantitative estimate of drug-likeness (QED) is 0.701. The van der Waals surface area contributed by atoms with Crippen molar-refractivity contribution in [1.82, 2.24) is 9.55 Å². The Morgan fingerprint density at radius 2 is 2.25 bits per heavy atom. The van der Waals surface area contributed by atoms with Crippen LogP contribution in [0.25, 0.3) is 0 Å². The molecule has 12 heavy (non-hydrogen) atoms. The molecular weight excluding hydrogens is 154 g/mol. The van der Waals surface area contributed by atoms with Gasteiger partial charge in [-0.15, -0.1) is 0 Å². The summed E-state index contributed by atoms with van der Waals surface area (Å²) in [5.41, 5.74) is -0.0480. The van der Waals surface area contributed by atoms with Gasteiger partial charge in [-0.1, -0.05) is 0 Å². The van der Waals surface area contributed by atoms with E-state index in [0.717, 1.165) is 0 Å². The summed E-state index contributed by atoms with van der Waals surface area (Å²) in [4.78, 5) is 15.1. The highest BCUT2D eigenvalue weighted by molar-refractivity contribution is 5.25. The SMILES string of the molecule is CC(C)Nc1nccc(=O)n1C. The summed E-state index contributed by atoms with van der Waals surface area (Å²) in [6.45, 7) is 4.00. The number of hydrogen-bond donors (Lipinski definition) is 1. The Balaban J connectivity index is 3.00. The van der Waals surface area contributed by atoms with Gasteiger partial charge < -0.3 is 5.32 Å². The van der Waals surface area contributed by atoms with Gasteiger partial charge in [0.25, 0.3) is 5.56 Å². The Labute approximate surface area is 71.3 Å². The van der Waals surface area contributed by atoms with Crippen molar-refractivity contribution in [3.8, 4) is 0 Å². The van der Waals surface area contributed by atoms with Crippen LogP contribution in [0, 0.1) is 0 Å². The van der Waals surface area contributed by atoms with Crippen LogP contribution >= 0.6 is 0 Å². The fourth-order valence-corrected chi connectivity index (χ4v) is 0.867. The standard InChI is InChI=1S/C8H13N3O/c1-6(2)10-8-9-5-4-7(12)11(8)3/h4-6H,1-3H3,(H,9,10). The van der Waals surface area contributed by atoms with Gasteiger partial charge in [-0.05, 0) is 13.8 Å². The van der Waals surface area contributed by atoms with Gasteiger partial charge in [-0.25, -0.2) is 4.98 Å². The van der Waals surface area contributed by atoms with Crippen LogP contribution in [0.2, 0.25) is 0 Å². The van der Waals surface area contributed by atoms with Gasteiger partial charge in [0.1, 0.15) is 0 Å². The van der Waals surface area contributed by atoms with Crippen molar-refractivity contribution in [3.63, 3.8) is 0 Å². The van der Waals surface area contributed by atoms with Crippen LogP contribution in [0.3, 0.4) is 0 Å². The van der Waals surface area contributed by atoms with Crippen LogP contribution in [-0.4, -0.2) is 15.6 Å². The zero-order chi connectivity index (χ0) is 9.14. The zero-order valence-corrected chi connectivity index (χ0v) is 7.53. The summed E-state index contributed by atoms with van der Waals surface area (Å²) in [6, 6.07) is 1.72. The minimum atomic E-state index is -0.0480. The van der Waals surface area contributed by atoms with E-state index in [1.54, 1.807) is 7.05 Å². The maximum absolute atomic E-state index is 11.1. The molecule has 0 saturated carbocycles. The number of anilines is 1. The molecule has 0 fully saturated rings. The average molecular weight is 167 g/mol. The molecule has 0 aromatic carbocycles. The maximum atomic E-state index is 11.1. The molecule has 0 amide bonds. The molecule has 4 heteroatoms. The van der Waals surface area contributed by atoms with Crippen LogP contribution in [0.5, 0.6) is 0 Å². The predicted octanol–water partition coefficient (Wildman–Crippen LogP) is 0.601. The van der Waals surface area contributed by atoms with Gasteiger partial charge in [0, 0.05) is 25.4 Å². The minimum absolute atomic E-state index is 0.0480. The van der Waals surface area contributed by atoms with Crippen molar-refractivity contribution in [1.29, 1.82) is 0 Å². The van der Waals surface area contributed by atoms with Crippen LogP contribution < -0.4 is 10.9 Å². The van der Waals surface area contributed by atoms with Crippen molar-refractivity contribution < 1.29 is 0 Å². The monoisotopic (exact) mass is 167 g/mol. The van der Waals surface area contributed by atoms with Gasteiger partial charge in [-0.2, -0.15) is 0 Å². The third-order valence-corrected chi connectivity index (χ3v) is 1.48. The molecule has 0 aliphatic carbocycles. The number of aromatic nitrogens is 2. The van der Waals surface area contributed by atoms with E-state index in [9.17, 15) is 4.79 Å². The molecule has 0 radical (unpaired) electrons. The molecule has 66 valence electrons. The van der Waals surface area contributed by atoms with E-state index in [1.165, 1.54) is 16.8 Å². The second-order valence-corrected chi connectivity index (χ2v) is 2.96. The second kappa shape index (κ2) is 3.38. The van der Waals surface area contributed by atoms with Crippen molar-refractivity contribution in [2.45, 2.75) is 19.9 Å². The first-order valence-corrected chi connectivity index (χ1v) is 3.90. The highest BCUT2D eigenvalue weighted by atomic mass is 16.1. The summed E-state index contributed by atoms with van der Waals surface area (Å²) in [7, 11) is 1.69. The lowest BCUT2D eigenvalue weighted by molar-refractivity contribution is 0.786. The lowest BCUT2D eigenvalue weighted by atomic mass is 10.4. The molecule has 1 aromatic rings. The van der Waals surface area contributed by atoms with Crippen molar-refractivity contribution in [2.24, 2.45) is 7.05 Å². The summed E-state index contributed by atoms with van der Waals surface area (Å²) >= 11 is 0. The lowest BCUT2D eigenvalue weighted by Crippen LogP contribution is -2.23. The van der Waals surface area contributed by atoms with E-state index < -0.39 is 0 Å². The maximum Gasteiger partial charge on any atom is 0.254 e. The van der Waals surface area contributed by atoms with E-state index in [0.29, 0.717) is 5.95 Å². The molecule has 0 atom stereocenters. The van der Waals surface area contributed by atoms with Crippen molar-refractivity contribution in [3.05, 3.63) is 22.6 Å². The molecule has 0 aliphatic heterocycles. The first-order valence-electron chi connectivity index (χ1n) is 3.90. The predicted molar refractivity (Wildman–Crippen MR) is 48.2 cm³/mol. The van der Waals surface area contributed by atoms with E-state index in [4.69, 9.17) is 0 Å². The Morgan fingerprint density at radius 3 is 2.83 bits per heavy atom. The molecule has 1 N–H and O–H groups in total. The number of nitrogens with one attached hydrogen (secondary N) is 1. The molecule has 4 nitrogen and oxygen atoms in total. The third kappa shape index (κ3) is 1.84. The number of rotatable bonds is 2. The van der Waals surface area contributed by atoms with Crippen molar-refractivity contribution >= 4 is 5.95 Å². The highest BCUT2D eigenvalue weighted by Gasteiger charge is 2.00. The molecule has 1 aromatic heterocycles. The Hall–Kier alpha value is -1.32. The van der Waals surface area contributed by atoms with Gasteiger partial charge in [0.15, 0.2) is 0 Å². The smallest absolute Gasteiger partial charge is 0.254 e. The molecule has 0 bridgehead atoms. The van der Waals surface area contributed by atoms with E-state index in [1.807, 2.05) is 13.8 Å². The zero-order valence-electron chi connectivity index (χ0n) is 7.53. The molecule has 0 spiro atoms. The summed E-state index contributed by atoms with van der Waals surface area (Å²) < 4.78 is 1.49. The normalized spacial score (nSPS) is 10.3. The molecular formula is C8H13N3O. The molecule has 1 rings (SSSR count). The summed E-state index contributed by atoms with van der Waals surface area (Å²) in [5.74, 6) is 0.609. The van der Waals surface area contributed by atoms with Gasteiger partial charge >= 0.3 is 0 Å². The fraction of sp³-hybridized carbons (Fsp3) is 0.500. The second-order valence-electron chi connectivity index (χ2n) is 2.96. The summed E-state index contributed by atoms with van der Waals surface area (Å²) in [5, 5.41) is 3.07. The Bertz CT molecular complexity index is 316. The van der Waals surface area contributed by atoms with Crippen LogP contribution in [0.4, 0.5) is 5.95 Å². The minimum Gasteiger partial charge on any atom is -0.353 e. The fourth-order valence-electron chi connectivity index (χ4n) is 0.867. The molecule has 1 heterocycles. The molecule has 0 aliphatic rings. The third-order valence-electron chi connectivity index (χ3n) is 1.48. The van der Waals surface area contributed by atoms with Crippen LogP contribution in [-0.2, 0) is 7.05 Å². The number of nitrogens with zero attached hydrogens (tertiary/aromatic N) is 2.